The van der Waals surface area contributed by atoms with Crippen molar-refractivity contribution in [1.82, 2.24) is 19.8 Å². The number of benzene rings is 1. The quantitative estimate of drug-likeness (QED) is 0.701. The maximum absolute atomic E-state index is 14.7. The smallest absolute Gasteiger partial charge is 0.271 e. The number of aryl methyl sites for hydroxylation is 1. The molecule has 1 saturated heterocycles. The van der Waals surface area contributed by atoms with Crippen molar-refractivity contribution in [3.05, 3.63) is 29.8 Å². The molecule has 34 heavy (non-hydrogen) atoms. The predicted molar refractivity (Wildman–Crippen MR) is 122 cm³/mol. The van der Waals surface area contributed by atoms with E-state index in [0.29, 0.717) is 24.5 Å². The zero-order valence-electron chi connectivity index (χ0n) is 18.5. The van der Waals surface area contributed by atoms with Crippen LogP contribution in [0, 0.1) is 5.82 Å². The summed E-state index contributed by atoms with van der Waals surface area (Å²) >= 11 is 0. The predicted octanol–water partition coefficient (Wildman–Crippen LogP) is 1.91. The van der Waals surface area contributed by atoms with Crippen molar-refractivity contribution in [2.75, 3.05) is 16.8 Å². The van der Waals surface area contributed by atoms with Crippen LogP contribution in [0.2, 0.25) is 0 Å². The normalized spacial score (nSPS) is 22.1. The van der Waals surface area contributed by atoms with Gasteiger partial charge in [0.05, 0.1) is 23.1 Å². The van der Waals surface area contributed by atoms with Gasteiger partial charge in [0.25, 0.3) is 5.91 Å². The van der Waals surface area contributed by atoms with E-state index >= 15 is 0 Å². The van der Waals surface area contributed by atoms with Gasteiger partial charge in [0.15, 0.2) is 15.7 Å². The molecular weight excluding hydrogens is 463 g/mol. The molecule has 0 bridgehead atoms. The lowest BCUT2D eigenvalue weighted by molar-refractivity contribution is -0.133. The van der Waals surface area contributed by atoms with E-state index in [1.165, 1.54) is 18.2 Å². The Bertz CT molecular complexity index is 1290. The SMILES string of the molecule is O=C(Nc1ccc(F)c(-c2nnc3n2CCCCC3)c1)C1=NN(C2CCS(=O)(=O)C2)C(=O)CC1. The van der Waals surface area contributed by atoms with Gasteiger partial charge >= 0.3 is 0 Å². The number of hydrogen-bond acceptors (Lipinski definition) is 7. The van der Waals surface area contributed by atoms with E-state index in [-0.39, 0.29) is 41.5 Å². The first-order chi connectivity index (χ1) is 16.3. The second-order valence-corrected chi connectivity index (χ2v) is 11.1. The number of anilines is 1. The zero-order chi connectivity index (χ0) is 23.9. The number of rotatable bonds is 4. The highest BCUT2D eigenvalue weighted by atomic mass is 32.2. The number of aromatic nitrogens is 3. The summed E-state index contributed by atoms with van der Waals surface area (Å²) in [6, 6.07) is 3.68. The fourth-order valence-electron chi connectivity index (χ4n) is 4.65. The van der Waals surface area contributed by atoms with Gasteiger partial charge in [-0.1, -0.05) is 6.42 Å². The van der Waals surface area contributed by atoms with Crippen LogP contribution in [0.3, 0.4) is 0 Å². The minimum absolute atomic E-state index is 0.00316. The molecule has 180 valence electrons. The molecular formula is C22H25FN6O4S. The number of carbonyl (C=O) groups excluding carboxylic acids is 2. The number of nitrogens with one attached hydrogen (secondary N) is 1. The first-order valence-corrected chi connectivity index (χ1v) is 13.3. The summed E-state index contributed by atoms with van der Waals surface area (Å²) in [5.41, 5.74) is 0.741. The number of nitrogens with zero attached hydrogens (tertiary/aromatic N) is 5. The molecule has 1 aromatic carbocycles. The van der Waals surface area contributed by atoms with Crippen molar-refractivity contribution in [2.45, 2.75) is 57.5 Å². The van der Waals surface area contributed by atoms with Crippen LogP contribution in [0.1, 0.15) is 44.3 Å². The summed E-state index contributed by atoms with van der Waals surface area (Å²) in [6.07, 6.45) is 4.38. The van der Waals surface area contributed by atoms with E-state index in [1.807, 2.05) is 4.57 Å². The van der Waals surface area contributed by atoms with Crippen molar-refractivity contribution >= 4 is 33.1 Å². The molecule has 3 aliphatic heterocycles. The molecule has 0 aliphatic carbocycles. The van der Waals surface area contributed by atoms with Crippen LogP contribution in [-0.4, -0.2) is 63.3 Å². The fourth-order valence-corrected chi connectivity index (χ4v) is 6.34. The van der Waals surface area contributed by atoms with E-state index < -0.39 is 27.6 Å². The number of fused-ring (bicyclic) bond motifs is 1. The highest BCUT2D eigenvalue weighted by Gasteiger charge is 2.37. The number of hydrazone groups is 1. The lowest BCUT2D eigenvalue weighted by atomic mass is 10.1. The molecule has 0 saturated carbocycles. The van der Waals surface area contributed by atoms with Crippen molar-refractivity contribution in [1.29, 1.82) is 0 Å². The van der Waals surface area contributed by atoms with Crippen molar-refractivity contribution in [3.63, 3.8) is 0 Å². The van der Waals surface area contributed by atoms with Crippen LogP contribution in [0.5, 0.6) is 0 Å². The number of sulfone groups is 1. The molecule has 1 fully saturated rings. The van der Waals surface area contributed by atoms with Gasteiger partial charge in [0, 0.05) is 31.5 Å². The van der Waals surface area contributed by atoms with E-state index in [2.05, 4.69) is 20.6 Å². The lowest BCUT2D eigenvalue weighted by Gasteiger charge is -2.27. The molecule has 1 N–H and O–H groups in total. The highest BCUT2D eigenvalue weighted by molar-refractivity contribution is 7.91. The second kappa shape index (κ2) is 8.90. The summed E-state index contributed by atoms with van der Waals surface area (Å²) in [6.45, 7) is 0.714. The van der Waals surface area contributed by atoms with E-state index in [0.717, 1.165) is 36.5 Å². The largest absolute Gasteiger partial charge is 0.321 e. The molecule has 5 rings (SSSR count). The summed E-state index contributed by atoms with van der Waals surface area (Å²) in [5, 5.41) is 16.5. The minimum Gasteiger partial charge on any atom is -0.321 e. The van der Waals surface area contributed by atoms with Gasteiger partial charge in [-0.15, -0.1) is 10.2 Å². The number of hydrogen-bond donors (Lipinski definition) is 1. The zero-order valence-corrected chi connectivity index (χ0v) is 19.4. The Morgan fingerprint density at radius 2 is 1.97 bits per heavy atom. The molecule has 1 unspecified atom stereocenters. The highest BCUT2D eigenvalue weighted by Crippen LogP contribution is 2.28. The standard InChI is InChI=1S/C22H25FN6O4S/c23-17-6-5-14(12-16(17)21-26-25-19-4-2-1-3-10-28(19)21)24-22(31)18-7-8-20(30)29(27-18)15-9-11-34(32,33)13-15/h5-6,12,15H,1-4,7-11,13H2,(H,24,31). The van der Waals surface area contributed by atoms with Gasteiger partial charge in [-0.25, -0.2) is 17.8 Å². The Hall–Kier alpha value is -3.15. The summed E-state index contributed by atoms with van der Waals surface area (Å²) < 4.78 is 40.3. The Labute approximate surface area is 196 Å². The van der Waals surface area contributed by atoms with Crippen LogP contribution in [0.25, 0.3) is 11.4 Å². The molecule has 0 radical (unpaired) electrons. The molecule has 1 atom stereocenters. The first kappa shape index (κ1) is 22.6. The van der Waals surface area contributed by atoms with Gasteiger partial charge in [-0.05, 0) is 37.5 Å². The first-order valence-electron chi connectivity index (χ1n) is 11.4. The summed E-state index contributed by atoms with van der Waals surface area (Å²) in [4.78, 5) is 25.2. The molecule has 0 spiro atoms. The maximum Gasteiger partial charge on any atom is 0.271 e. The average molecular weight is 489 g/mol. The third-order valence-electron chi connectivity index (χ3n) is 6.45. The summed E-state index contributed by atoms with van der Waals surface area (Å²) in [7, 11) is -3.21. The Morgan fingerprint density at radius 3 is 2.76 bits per heavy atom. The molecule has 2 amide bonds. The van der Waals surface area contributed by atoms with Crippen molar-refractivity contribution < 1.29 is 22.4 Å². The molecule has 10 nitrogen and oxygen atoms in total. The third-order valence-corrected chi connectivity index (χ3v) is 8.20. The van der Waals surface area contributed by atoms with E-state index in [9.17, 15) is 22.4 Å². The van der Waals surface area contributed by atoms with Crippen LogP contribution < -0.4 is 5.32 Å². The lowest BCUT2D eigenvalue weighted by Crippen LogP contribution is -2.42. The van der Waals surface area contributed by atoms with Crippen molar-refractivity contribution in [3.8, 4) is 11.4 Å². The molecule has 3 aliphatic rings. The monoisotopic (exact) mass is 488 g/mol. The molecule has 4 heterocycles. The fraction of sp³-hybridized carbons (Fsp3) is 0.500. The van der Waals surface area contributed by atoms with Crippen molar-refractivity contribution in [2.24, 2.45) is 5.10 Å². The summed E-state index contributed by atoms with van der Waals surface area (Å²) in [5.74, 6) is -0.168. The topological polar surface area (TPSA) is 127 Å². The Balaban J connectivity index is 1.37. The number of amides is 2. The minimum atomic E-state index is -3.21. The third kappa shape index (κ3) is 4.46. The molecule has 1 aromatic heterocycles. The van der Waals surface area contributed by atoms with Crippen LogP contribution >= 0.6 is 0 Å². The van der Waals surface area contributed by atoms with Gasteiger partial charge < -0.3 is 9.88 Å². The number of halogens is 1. The Morgan fingerprint density at radius 1 is 1.12 bits per heavy atom. The van der Waals surface area contributed by atoms with Crippen LogP contribution in [0.4, 0.5) is 10.1 Å². The van der Waals surface area contributed by atoms with Crippen LogP contribution in [0.15, 0.2) is 23.3 Å². The maximum atomic E-state index is 14.7. The van der Waals surface area contributed by atoms with Gasteiger partial charge in [-0.2, -0.15) is 5.10 Å². The molecule has 2 aromatic rings. The Kier molecular flexibility index (Phi) is 5.92. The van der Waals surface area contributed by atoms with E-state index in [4.69, 9.17) is 0 Å². The van der Waals surface area contributed by atoms with Crippen LogP contribution in [-0.2, 0) is 32.4 Å². The second-order valence-electron chi connectivity index (χ2n) is 8.89. The van der Waals surface area contributed by atoms with Gasteiger partial charge in [0.2, 0.25) is 5.91 Å². The molecule has 12 heteroatoms. The van der Waals surface area contributed by atoms with Gasteiger partial charge in [-0.3, -0.25) is 9.59 Å². The van der Waals surface area contributed by atoms with E-state index in [1.54, 1.807) is 0 Å². The average Bonchev–Trinajstić information content (AvgIpc) is 3.29. The van der Waals surface area contributed by atoms with Gasteiger partial charge in [0.1, 0.15) is 17.4 Å². The number of carbonyl (C=O) groups is 2.